The molecule has 0 amide bonds. The van der Waals surface area contributed by atoms with Crippen LogP contribution in [0.5, 0.6) is 0 Å². The standard InChI is InChI=1S/C16H18Cl2N2/c1-10-5-11(2)7-13(6-10)16(20-19)8-12-3-4-14(17)9-15(12)18/h3-7,9,16,20H,8,19H2,1-2H3. The van der Waals surface area contributed by atoms with Crippen LogP contribution >= 0.6 is 23.2 Å². The van der Waals surface area contributed by atoms with Crippen LogP contribution in [0.2, 0.25) is 10.0 Å². The van der Waals surface area contributed by atoms with Gasteiger partial charge in [0, 0.05) is 10.0 Å². The Labute approximate surface area is 129 Å². The molecule has 3 N–H and O–H groups in total. The van der Waals surface area contributed by atoms with E-state index < -0.39 is 0 Å². The zero-order valence-electron chi connectivity index (χ0n) is 11.6. The number of hydrogen-bond acceptors (Lipinski definition) is 2. The van der Waals surface area contributed by atoms with Crippen molar-refractivity contribution in [3.05, 3.63) is 68.7 Å². The van der Waals surface area contributed by atoms with Crippen LogP contribution in [0, 0.1) is 13.8 Å². The van der Waals surface area contributed by atoms with E-state index in [4.69, 9.17) is 29.0 Å². The summed E-state index contributed by atoms with van der Waals surface area (Å²) in [6.45, 7) is 4.17. The van der Waals surface area contributed by atoms with E-state index >= 15 is 0 Å². The zero-order chi connectivity index (χ0) is 14.7. The summed E-state index contributed by atoms with van der Waals surface area (Å²) >= 11 is 12.1. The maximum atomic E-state index is 6.23. The van der Waals surface area contributed by atoms with E-state index in [2.05, 4.69) is 37.5 Å². The second-order valence-corrected chi connectivity index (χ2v) is 5.92. The Bertz CT molecular complexity index is 591. The highest BCUT2D eigenvalue weighted by molar-refractivity contribution is 6.35. The van der Waals surface area contributed by atoms with Gasteiger partial charge in [-0.1, -0.05) is 58.6 Å². The summed E-state index contributed by atoms with van der Waals surface area (Å²) < 4.78 is 0. The van der Waals surface area contributed by atoms with Crippen molar-refractivity contribution in [3.8, 4) is 0 Å². The Morgan fingerprint density at radius 1 is 1.05 bits per heavy atom. The highest BCUT2D eigenvalue weighted by atomic mass is 35.5. The predicted molar refractivity (Wildman–Crippen MR) is 86.1 cm³/mol. The molecule has 0 spiro atoms. The molecule has 106 valence electrons. The molecule has 2 rings (SSSR count). The Morgan fingerprint density at radius 2 is 1.70 bits per heavy atom. The molecule has 2 aromatic carbocycles. The third kappa shape index (κ3) is 3.74. The summed E-state index contributed by atoms with van der Waals surface area (Å²) in [7, 11) is 0. The molecule has 0 aliphatic rings. The Hall–Kier alpha value is -1.06. The lowest BCUT2D eigenvalue weighted by Crippen LogP contribution is -2.29. The molecule has 2 aromatic rings. The fraction of sp³-hybridized carbons (Fsp3) is 0.250. The van der Waals surface area contributed by atoms with E-state index in [1.807, 2.05) is 12.1 Å². The average molecular weight is 309 g/mol. The third-order valence-electron chi connectivity index (χ3n) is 3.29. The molecule has 20 heavy (non-hydrogen) atoms. The first-order valence-corrected chi connectivity index (χ1v) is 7.23. The lowest BCUT2D eigenvalue weighted by atomic mass is 9.96. The van der Waals surface area contributed by atoms with Crippen LogP contribution in [0.1, 0.15) is 28.3 Å². The number of rotatable bonds is 4. The molecular weight excluding hydrogens is 291 g/mol. The van der Waals surface area contributed by atoms with Crippen LogP contribution in [0.15, 0.2) is 36.4 Å². The summed E-state index contributed by atoms with van der Waals surface area (Å²) in [5.74, 6) is 5.71. The van der Waals surface area contributed by atoms with Gasteiger partial charge in [-0.15, -0.1) is 0 Å². The number of aryl methyl sites for hydroxylation is 2. The molecule has 0 saturated heterocycles. The van der Waals surface area contributed by atoms with E-state index in [-0.39, 0.29) is 6.04 Å². The van der Waals surface area contributed by atoms with Crippen molar-refractivity contribution >= 4 is 23.2 Å². The number of nitrogens with one attached hydrogen (secondary N) is 1. The van der Waals surface area contributed by atoms with Gasteiger partial charge in [-0.25, -0.2) is 0 Å². The van der Waals surface area contributed by atoms with Gasteiger partial charge in [0.05, 0.1) is 6.04 Å². The van der Waals surface area contributed by atoms with E-state index in [1.54, 1.807) is 6.07 Å². The lowest BCUT2D eigenvalue weighted by Gasteiger charge is -2.18. The first-order valence-electron chi connectivity index (χ1n) is 6.48. The van der Waals surface area contributed by atoms with Gasteiger partial charge in [0.15, 0.2) is 0 Å². The van der Waals surface area contributed by atoms with Crippen molar-refractivity contribution in [2.75, 3.05) is 0 Å². The van der Waals surface area contributed by atoms with Gasteiger partial charge in [0.2, 0.25) is 0 Å². The van der Waals surface area contributed by atoms with Crippen molar-refractivity contribution in [2.24, 2.45) is 5.84 Å². The molecule has 0 aliphatic carbocycles. The molecule has 0 fully saturated rings. The summed E-state index contributed by atoms with van der Waals surface area (Å²) in [4.78, 5) is 0. The third-order valence-corrected chi connectivity index (χ3v) is 3.87. The fourth-order valence-electron chi connectivity index (χ4n) is 2.39. The van der Waals surface area contributed by atoms with Crippen LogP contribution < -0.4 is 11.3 Å². The van der Waals surface area contributed by atoms with Crippen molar-refractivity contribution in [1.29, 1.82) is 0 Å². The smallest absolute Gasteiger partial charge is 0.0501 e. The van der Waals surface area contributed by atoms with Crippen molar-refractivity contribution in [1.82, 2.24) is 5.43 Å². The van der Waals surface area contributed by atoms with Crippen LogP contribution in [-0.2, 0) is 6.42 Å². The Balaban J connectivity index is 2.28. The van der Waals surface area contributed by atoms with Crippen LogP contribution in [0.25, 0.3) is 0 Å². The van der Waals surface area contributed by atoms with Crippen LogP contribution in [0.4, 0.5) is 0 Å². The lowest BCUT2D eigenvalue weighted by molar-refractivity contribution is 0.551. The van der Waals surface area contributed by atoms with E-state index in [1.165, 1.54) is 11.1 Å². The van der Waals surface area contributed by atoms with Crippen LogP contribution in [0.3, 0.4) is 0 Å². The maximum absolute atomic E-state index is 6.23. The number of hydrogen-bond donors (Lipinski definition) is 2. The summed E-state index contributed by atoms with van der Waals surface area (Å²) in [6.07, 6.45) is 0.718. The SMILES string of the molecule is Cc1cc(C)cc(C(Cc2ccc(Cl)cc2Cl)NN)c1. The number of halogens is 2. The topological polar surface area (TPSA) is 38.0 Å². The maximum Gasteiger partial charge on any atom is 0.0501 e. The minimum absolute atomic E-state index is 0.0206. The first kappa shape index (κ1) is 15.3. The highest BCUT2D eigenvalue weighted by Gasteiger charge is 2.13. The minimum Gasteiger partial charge on any atom is -0.271 e. The molecule has 0 aliphatic heterocycles. The van der Waals surface area contributed by atoms with Gasteiger partial charge in [0.25, 0.3) is 0 Å². The van der Waals surface area contributed by atoms with Gasteiger partial charge in [0.1, 0.15) is 0 Å². The second-order valence-electron chi connectivity index (χ2n) is 5.08. The van der Waals surface area contributed by atoms with E-state index in [9.17, 15) is 0 Å². The summed E-state index contributed by atoms with van der Waals surface area (Å²) in [5, 5.41) is 1.31. The van der Waals surface area contributed by atoms with Gasteiger partial charge in [-0.2, -0.15) is 0 Å². The van der Waals surface area contributed by atoms with Crippen molar-refractivity contribution in [2.45, 2.75) is 26.3 Å². The summed E-state index contributed by atoms with van der Waals surface area (Å²) in [5.41, 5.74) is 7.51. The van der Waals surface area contributed by atoms with Crippen molar-refractivity contribution in [3.63, 3.8) is 0 Å². The quantitative estimate of drug-likeness (QED) is 0.650. The van der Waals surface area contributed by atoms with Gasteiger partial charge in [-0.3, -0.25) is 11.3 Å². The average Bonchev–Trinajstić information content (AvgIpc) is 2.36. The highest BCUT2D eigenvalue weighted by Crippen LogP contribution is 2.26. The molecule has 0 heterocycles. The number of hydrazine groups is 1. The molecule has 0 radical (unpaired) electrons. The molecule has 4 heteroatoms. The molecule has 0 aromatic heterocycles. The monoisotopic (exact) mass is 308 g/mol. The van der Waals surface area contributed by atoms with Gasteiger partial charge >= 0.3 is 0 Å². The molecular formula is C16H18Cl2N2. The molecule has 1 unspecified atom stereocenters. The van der Waals surface area contributed by atoms with Gasteiger partial charge < -0.3 is 0 Å². The van der Waals surface area contributed by atoms with E-state index in [0.29, 0.717) is 10.0 Å². The molecule has 1 atom stereocenters. The predicted octanol–water partition coefficient (Wildman–Crippen LogP) is 4.36. The van der Waals surface area contributed by atoms with Crippen molar-refractivity contribution < 1.29 is 0 Å². The largest absolute Gasteiger partial charge is 0.271 e. The Kier molecular flexibility index (Phi) is 5.06. The Morgan fingerprint density at radius 3 is 2.25 bits per heavy atom. The number of nitrogens with two attached hydrogens (primary N) is 1. The molecule has 2 nitrogen and oxygen atoms in total. The van der Waals surface area contributed by atoms with Crippen LogP contribution in [-0.4, -0.2) is 0 Å². The number of benzene rings is 2. The fourth-order valence-corrected chi connectivity index (χ4v) is 2.88. The second kappa shape index (κ2) is 6.59. The normalized spacial score (nSPS) is 12.4. The van der Waals surface area contributed by atoms with Gasteiger partial charge in [-0.05, 0) is 43.5 Å². The van der Waals surface area contributed by atoms with E-state index in [0.717, 1.165) is 17.5 Å². The zero-order valence-corrected chi connectivity index (χ0v) is 13.1. The molecule has 0 saturated carbocycles. The molecule has 0 bridgehead atoms. The first-order chi connectivity index (χ1) is 9.49. The summed E-state index contributed by atoms with van der Waals surface area (Å²) in [6, 6.07) is 12.0. The minimum atomic E-state index is 0.0206.